The van der Waals surface area contributed by atoms with Crippen molar-refractivity contribution in [2.75, 3.05) is 0 Å². The zero-order chi connectivity index (χ0) is 14.8. The van der Waals surface area contributed by atoms with Gasteiger partial charge in [-0.05, 0) is 30.2 Å². The van der Waals surface area contributed by atoms with E-state index in [0.717, 1.165) is 0 Å². The number of halogens is 6. The molecule has 19 heavy (non-hydrogen) atoms. The molecular weight excluding hydrogens is 272 g/mol. The van der Waals surface area contributed by atoms with Crippen LogP contribution in [0, 0.1) is 0 Å². The largest absolute Gasteiger partial charge is 0.416 e. The predicted octanol–water partition coefficient (Wildman–Crippen LogP) is 4.30. The molecule has 0 radical (unpaired) electrons. The Labute approximate surface area is 105 Å². The van der Waals surface area contributed by atoms with Gasteiger partial charge < -0.3 is 5.73 Å². The average Bonchev–Trinajstić information content (AvgIpc) is 2.26. The molecule has 0 aliphatic rings. The van der Waals surface area contributed by atoms with E-state index in [2.05, 4.69) is 6.58 Å². The zero-order valence-electron chi connectivity index (χ0n) is 9.65. The van der Waals surface area contributed by atoms with Gasteiger partial charge in [-0.2, -0.15) is 26.3 Å². The third-order valence-electron chi connectivity index (χ3n) is 2.46. The van der Waals surface area contributed by atoms with E-state index in [9.17, 15) is 26.3 Å². The Kier molecular flexibility index (Phi) is 4.29. The second-order valence-electron chi connectivity index (χ2n) is 3.97. The van der Waals surface area contributed by atoms with Crippen molar-refractivity contribution in [3.05, 3.63) is 47.5 Å². The molecule has 1 aromatic carbocycles. The molecule has 0 saturated heterocycles. The molecule has 1 aromatic rings. The Balaban J connectivity index is 3.36. The van der Waals surface area contributed by atoms with E-state index in [4.69, 9.17) is 5.73 Å². The number of nitrogens with two attached hydrogens (primary N) is 1. The molecule has 0 heterocycles. The summed E-state index contributed by atoms with van der Waals surface area (Å²) in [6.07, 6.45) is -8.30. The quantitative estimate of drug-likeness (QED) is 0.649. The number of rotatable bonds is 3. The average molecular weight is 283 g/mol. The highest BCUT2D eigenvalue weighted by Crippen LogP contribution is 2.37. The number of benzene rings is 1. The van der Waals surface area contributed by atoms with Crippen molar-refractivity contribution < 1.29 is 26.3 Å². The molecule has 7 heteroatoms. The minimum Gasteiger partial charge on any atom is -0.324 e. The SMILES string of the molecule is C=CC[C@H](N)c1cc(C(F)(F)F)cc(C(F)(F)F)c1. The first-order valence-corrected chi connectivity index (χ1v) is 5.21. The lowest BCUT2D eigenvalue weighted by atomic mass is 9.98. The molecule has 0 amide bonds. The molecule has 1 rings (SSSR count). The first-order valence-electron chi connectivity index (χ1n) is 5.21. The fourth-order valence-electron chi connectivity index (χ4n) is 1.51. The van der Waals surface area contributed by atoms with E-state index in [1.54, 1.807) is 0 Å². The van der Waals surface area contributed by atoms with E-state index in [1.165, 1.54) is 6.08 Å². The van der Waals surface area contributed by atoms with Crippen LogP contribution < -0.4 is 5.73 Å². The van der Waals surface area contributed by atoms with E-state index in [0.29, 0.717) is 12.1 Å². The van der Waals surface area contributed by atoms with Crippen LogP contribution in [0.2, 0.25) is 0 Å². The van der Waals surface area contributed by atoms with Crippen LogP contribution in [-0.2, 0) is 12.4 Å². The van der Waals surface area contributed by atoms with Crippen LogP contribution in [0.15, 0.2) is 30.9 Å². The lowest BCUT2D eigenvalue weighted by Gasteiger charge is -2.17. The summed E-state index contributed by atoms with van der Waals surface area (Å²) in [5, 5.41) is 0. The molecule has 0 fully saturated rings. The summed E-state index contributed by atoms with van der Waals surface area (Å²) in [5.41, 5.74) is 2.58. The number of hydrogen-bond donors (Lipinski definition) is 1. The highest BCUT2D eigenvalue weighted by molar-refractivity contribution is 5.35. The summed E-state index contributed by atoms with van der Waals surface area (Å²) < 4.78 is 75.3. The summed E-state index contributed by atoms with van der Waals surface area (Å²) in [6.45, 7) is 3.34. The summed E-state index contributed by atoms with van der Waals surface area (Å²) in [4.78, 5) is 0. The lowest BCUT2D eigenvalue weighted by Crippen LogP contribution is -2.15. The molecular formula is C12H11F6N. The summed E-state index contributed by atoms with van der Waals surface area (Å²) in [6, 6.07) is 0.373. The molecule has 0 aromatic heterocycles. The second-order valence-corrected chi connectivity index (χ2v) is 3.97. The third-order valence-corrected chi connectivity index (χ3v) is 2.46. The number of hydrogen-bond acceptors (Lipinski definition) is 1. The summed E-state index contributed by atoms with van der Waals surface area (Å²) >= 11 is 0. The Hall–Kier alpha value is -1.50. The van der Waals surface area contributed by atoms with E-state index < -0.39 is 29.5 Å². The van der Waals surface area contributed by atoms with Crippen molar-refractivity contribution in [2.24, 2.45) is 5.73 Å². The fraction of sp³-hybridized carbons (Fsp3) is 0.333. The Morgan fingerprint density at radius 2 is 1.42 bits per heavy atom. The van der Waals surface area contributed by atoms with E-state index >= 15 is 0 Å². The topological polar surface area (TPSA) is 26.0 Å². The molecule has 0 spiro atoms. The summed E-state index contributed by atoms with van der Waals surface area (Å²) in [5.74, 6) is 0. The van der Waals surface area contributed by atoms with Crippen LogP contribution in [0.5, 0.6) is 0 Å². The molecule has 0 saturated carbocycles. The van der Waals surface area contributed by atoms with Gasteiger partial charge in [-0.1, -0.05) is 6.08 Å². The molecule has 0 aliphatic heterocycles. The van der Waals surface area contributed by atoms with Gasteiger partial charge in [0.15, 0.2) is 0 Å². The molecule has 0 unspecified atom stereocenters. The number of alkyl halides is 6. The van der Waals surface area contributed by atoms with Gasteiger partial charge in [0, 0.05) is 6.04 Å². The van der Waals surface area contributed by atoms with Gasteiger partial charge in [0.1, 0.15) is 0 Å². The summed E-state index contributed by atoms with van der Waals surface area (Å²) in [7, 11) is 0. The molecule has 2 N–H and O–H groups in total. The minimum absolute atomic E-state index is 0.0735. The highest BCUT2D eigenvalue weighted by Gasteiger charge is 2.37. The molecule has 0 bridgehead atoms. The Morgan fingerprint density at radius 3 is 1.74 bits per heavy atom. The Bertz CT molecular complexity index is 428. The minimum atomic E-state index is -4.86. The molecule has 106 valence electrons. The van der Waals surface area contributed by atoms with Gasteiger partial charge in [0.05, 0.1) is 11.1 Å². The maximum Gasteiger partial charge on any atom is 0.416 e. The van der Waals surface area contributed by atoms with Gasteiger partial charge in [-0.15, -0.1) is 6.58 Å². The van der Waals surface area contributed by atoms with E-state index in [-0.39, 0.29) is 18.1 Å². The van der Waals surface area contributed by atoms with Crippen molar-refractivity contribution in [1.29, 1.82) is 0 Å². The lowest BCUT2D eigenvalue weighted by molar-refractivity contribution is -0.143. The smallest absolute Gasteiger partial charge is 0.324 e. The normalized spacial score (nSPS) is 14.3. The first-order chi connectivity index (χ1) is 8.55. The van der Waals surface area contributed by atoms with Crippen LogP contribution in [0.25, 0.3) is 0 Å². The zero-order valence-corrected chi connectivity index (χ0v) is 9.65. The van der Waals surface area contributed by atoms with Gasteiger partial charge in [0.2, 0.25) is 0 Å². The van der Waals surface area contributed by atoms with Crippen molar-refractivity contribution >= 4 is 0 Å². The fourth-order valence-corrected chi connectivity index (χ4v) is 1.51. The molecule has 1 atom stereocenters. The van der Waals surface area contributed by atoms with Crippen LogP contribution in [0.4, 0.5) is 26.3 Å². The van der Waals surface area contributed by atoms with Gasteiger partial charge in [0.25, 0.3) is 0 Å². The predicted molar refractivity (Wildman–Crippen MR) is 58.2 cm³/mol. The van der Waals surface area contributed by atoms with Crippen LogP contribution in [0.1, 0.15) is 29.2 Å². The van der Waals surface area contributed by atoms with Crippen LogP contribution in [-0.4, -0.2) is 0 Å². The van der Waals surface area contributed by atoms with Crippen LogP contribution >= 0.6 is 0 Å². The van der Waals surface area contributed by atoms with Crippen molar-refractivity contribution in [3.63, 3.8) is 0 Å². The maximum absolute atomic E-state index is 12.6. The van der Waals surface area contributed by atoms with Crippen molar-refractivity contribution in [3.8, 4) is 0 Å². The first kappa shape index (κ1) is 15.6. The van der Waals surface area contributed by atoms with E-state index in [1.807, 2.05) is 0 Å². The van der Waals surface area contributed by atoms with Gasteiger partial charge >= 0.3 is 12.4 Å². The van der Waals surface area contributed by atoms with Crippen molar-refractivity contribution in [1.82, 2.24) is 0 Å². The van der Waals surface area contributed by atoms with Crippen LogP contribution in [0.3, 0.4) is 0 Å². The molecule has 0 aliphatic carbocycles. The second kappa shape index (κ2) is 5.24. The highest BCUT2D eigenvalue weighted by atomic mass is 19.4. The van der Waals surface area contributed by atoms with Gasteiger partial charge in [-0.25, -0.2) is 0 Å². The van der Waals surface area contributed by atoms with Crippen molar-refractivity contribution in [2.45, 2.75) is 24.8 Å². The monoisotopic (exact) mass is 283 g/mol. The standard InChI is InChI=1S/C12H11F6N/c1-2-3-10(19)7-4-8(11(13,14)15)6-9(5-7)12(16,17)18/h2,4-6,10H,1,3,19H2/t10-/m0/s1. The Morgan fingerprint density at radius 1 is 1.00 bits per heavy atom. The maximum atomic E-state index is 12.6. The third kappa shape index (κ3) is 3.99. The van der Waals surface area contributed by atoms with Gasteiger partial charge in [-0.3, -0.25) is 0 Å². The molecule has 1 nitrogen and oxygen atoms in total.